The lowest BCUT2D eigenvalue weighted by Gasteiger charge is -2.43. The van der Waals surface area contributed by atoms with Gasteiger partial charge in [-0.1, -0.05) is 30.1 Å². The van der Waals surface area contributed by atoms with Gasteiger partial charge < -0.3 is 10.0 Å². The summed E-state index contributed by atoms with van der Waals surface area (Å²) in [6, 6.07) is 2.96. The topological polar surface area (TPSA) is 69.8 Å². The normalized spacial score (nSPS) is 20.6. The van der Waals surface area contributed by atoms with Crippen LogP contribution >= 0.6 is 23.2 Å². The number of nitro benzene ring substituents is 1. The Bertz CT molecular complexity index is 560. The van der Waals surface area contributed by atoms with E-state index in [9.17, 15) is 15.2 Å². The van der Waals surface area contributed by atoms with Gasteiger partial charge >= 0.3 is 0 Å². The number of non-ortho nitro benzene ring substituents is 1. The summed E-state index contributed by atoms with van der Waals surface area (Å²) in [4.78, 5) is 14.7. The minimum absolute atomic E-state index is 0.108. The van der Waals surface area contributed by atoms with Crippen molar-refractivity contribution in [1.82, 2.24) is 4.90 Å². The van der Waals surface area contributed by atoms with E-state index >= 15 is 0 Å². The molecule has 1 saturated heterocycles. The summed E-state index contributed by atoms with van der Waals surface area (Å²) in [5.41, 5.74) is 0.539. The van der Waals surface area contributed by atoms with Crippen LogP contribution in [0.15, 0.2) is 12.1 Å². The van der Waals surface area contributed by atoms with Crippen molar-refractivity contribution >= 4 is 34.6 Å². The number of nitrogens with zero attached hydrogens (tertiary/aromatic N) is 3. The molecule has 1 aliphatic rings. The Morgan fingerprint density at radius 3 is 2.48 bits per heavy atom. The van der Waals surface area contributed by atoms with E-state index in [1.165, 1.54) is 12.1 Å². The molecule has 0 bridgehead atoms. The smallest absolute Gasteiger partial charge is 0.272 e. The number of piperazine rings is 1. The largest absolute Gasteiger partial charge is 0.392 e. The minimum atomic E-state index is -0.503. The number of hydrogen-bond donors (Lipinski definition) is 1. The van der Waals surface area contributed by atoms with E-state index in [4.69, 9.17) is 23.2 Å². The van der Waals surface area contributed by atoms with Crippen molar-refractivity contribution in [1.29, 1.82) is 0 Å². The second-order valence-electron chi connectivity index (χ2n) is 5.87. The molecule has 1 N–H and O–H groups in total. The highest BCUT2D eigenvalue weighted by Crippen LogP contribution is 2.38. The fraction of sp³-hybridized carbons (Fsp3) is 0.600. The molecule has 1 fully saturated rings. The standard InChI is InChI=1S/C15H21Cl2N3O3/c1-3-11-9-19(5-4-18(11)8-10(2)21)15-13(16)6-12(20(22)23)7-14(15)17/h6-7,10-11,21H,3-5,8-9H2,1-2H3. The number of aliphatic hydroxyl groups is 1. The molecule has 1 aliphatic heterocycles. The first-order valence-electron chi connectivity index (χ1n) is 7.64. The summed E-state index contributed by atoms with van der Waals surface area (Å²) >= 11 is 12.5. The zero-order valence-corrected chi connectivity index (χ0v) is 14.7. The van der Waals surface area contributed by atoms with E-state index in [0.717, 1.165) is 19.5 Å². The van der Waals surface area contributed by atoms with Gasteiger partial charge in [0.1, 0.15) is 0 Å². The van der Waals surface area contributed by atoms with Gasteiger partial charge in [-0.15, -0.1) is 0 Å². The number of benzene rings is 1. The van der Waals surface area contributed by atoms with Crippen LogP contribution in [0.3, 0.4) is 0 Å². The van der Waals surface area contributed by atoms with Gasteiger partial charge in [-0.3, -0.25) is 15.0 Å². The van der Waals surface area contributed by atoms with Crippen molar-refractivity contribution in [2.24, 2.45) is 0 Å². The molecule has 1 aromatic carbocycles. The van der Waals surface area contributed by atoms with Gasteiger partial charge in [-0.05, 0) is 13.3 Å². The molecule has 0 radical (unpaired) electrons. The van der Waals surface area contributed by atoms with Crippen LogP contribution in [-0.2, 0) is 0 Å². The molecule has 0 aromatic heterocycles. The van der Waals surface area contributed by atoms with E-state index in [-0.39, 0.29) is 17.8 Å². The number of hydrogen-bond acceptors (Lipinski definition) is 5. The average molecular weight is 362 g/mol. The number of nitro groups is 1. The van der Waals surface area contributed by atoms with Gasteiger partial charge in [-0.2, -0.15) is 0 Å². The Balaban J connectivity index is 2.22. The Kier molecular flexibility index (Phi) is 6.08. The van der Waals surface area contributed by atoms with E-state index in [2.05, 4.69) is 16.7 Å². The quantitative estimate of drug-likeness (QED) is 0.644. The molecule has 0 aliphatic carbocycles. The van der Waals surface area contributed by atoms with Crippen molar-refractivity contribution in [2.45, 2.75) is 32.4 Å². The molecular weight excluding hydrogens is 341 g/mol. The Labute approximate surface area is 145 Å². The third-order valence-electron chi connectivity index (χ3n) is 4.10. The molecule has 0 amide bonds. The lowest BCUT2D eigenvalue weighted by Crippen LogP contribution is -2.54. The molecule has 6 nitrogen and oxygen atoms in total. The number of halogens is 2. The van der Waals surface area contributed by atoms with Gasteiger partial charge in [0.05, 0.1) is 26.8 Å². The molecule has 2 rings (SSSR count). The van der Waals surface area contributed by atoms with Crippen LogP contribution < -0.4 is 4.90 Å². The summed E-state index contributed by atoms with van der Waals surface area (Å²) in [5.74, 6) is 0. The molecule has 128 valence electrons. The van der Waals surface area contributed by atoms with Crippen LogP contribution in [0.4, 0.5) is 11.4 Å². The summed E-state index contributed by atoms with van der Waals surface area (Å²) in [5, 5.41) is 21.1. The second kappa shape index (κ2) is 7.66. The van der Waals surface area contributed by atoms with Crippen molar-refractivity contribution in [3.63, 3.8) is 0 Å². The number of β-amino-alcohol motifs (C(OH)–C–C–N with tert-alkyl or cyclic N) is 1. The van der Waals surface area contributed by atoms with Gasteiger partial charge in [0.25, 0.3) is 5.69 Å². The van der Waals surface area contributed by atoms with Crippen LogP contribution in [0.2, 0.25) is 10.0 Å². The van der Waals surface area contributed by atoms with E-state index < -0.39 is 4.92 Å². The van der Waals surface area contributed by atoms with Crippen molar-refractivity contribution in [3.8, 4) is 0 Å². The Morgan fingerprint density at radius 1 is 1.39 bits per heavy atom. The molecular formula is C15H21Cl2N3O3. The Morgan fingerprint density at radius 2 is 2.00 bits per heavy atom. The van der Waals surface area contributed by atoms with Crippen molar-refractivity contribution in [2.75, 3.05) is 31.1 Å². The average Bonchev–Trinajstić information content (AvgIpc) is 2.47. The third-order valence-corrected chi connectivity index (χ3v) is 4.68. The third kappa shape index (κ3) is 4.26. The van der Waals surface area contributed by atoms with Crippen LogP contribution in [0.1, 0.15) is 20.3 Å². The van der Waals surface area contributed by atoms with Crippen molar-refractivity contribution in [3.05, 3.63) is 32.3 Å². The lowest BCUT2D eigenvalue weighted by molar-refractivity contribution is -0.384. The predicted molar refractivity (Wildman–Crippen MR) is 92.7 cm³/mol. The molecule has 2 unspecified atom stereocenters. The van der Waals surface area contributed by atoms with Crippen LogP contribution in [0.25, 0.3) is 0 Å². The fourth-order valence-corrected chi connectivity index (χ4v) is 3.74. The summed E-state index contributed by atoms with van der Waals surface area (Å²) in [7, 11) is 0. The van der Waals surface area contributed by atoms with E-state index in [1.807, 2.05) is 0 Å². The van der Waals surface area contributed by atoms with Gasteiger partial charge in [0.2, 0.25) is 0 Å². The summed E-state index contributed by atoms with van der Waals surface area (Å²) in [6.07, 6.45) is 0.563. The summed E-state index contributed by atoms with van der Waals surface area (Å²) in [6.45, 7) is 6.73. The molecule has 8 heteroatoms. The highest BCUT2D eigenvalue weighted by molar-refractivity contribution is 6.39. The Hall–Kier alpha value is -1.08. The molecule has 2 atom stereocenters. The molecule has 0 saturated carbocycles. The first-order valence-corrected chi connectivity index (χ1v) is 8.39. The van der Waals surface area contributed by atoms with Gasteiger partial charge in [0, 0.05) is 44.4 Å². The molecule has 0 spiro atoms. The highest BCUT2D eigenvalue weighted by atomic mass is 35.5. The van der Waals surface area contributed by atoms with E-state index in [0.29, 0.717) is 28.8 Å². The second-order valence-corrected chi connectivity index (χ2v) is 6.68. The maximum absolute atomic E-state index is 10.9. The predicted octanol–water partition coefficient (Wildman–Crippen LogP) is 3.18. The highest BCUT2D eigenvalue weighted by Gasteiger charge is 2.29. The number of rotatable bonds is 5. The summed E-state index contributed by atoms with van der Waals surface area (Å²) < 4.78 is 0. The molecule has 23 heavy (non-hydrogen) atoms. The zero-order valence-electron chi connectivity index (χ0n) is 13.2. The maximum Gasteiger partial charge on any atom is 0.272 e. The first kappa shape index (κ1) is 18.3. The fourth-order valence-electron chi connectivity index (χ4n) is 3.02. The lowest BCUT2D eigenvalue weighted by atomic mass is 10.1. The molecule has 1 aromatic rings. The van der Waals surface area contributed by atoms with Crippen LogP contribution in [0, 0.1) is 10.1 Å². The monoisotopic (exact) mass is 361 g/mol. The van der Waals surface area contributed by atoms with Crippen LogP contribution in [-0.4, -0.2) is 53.3 Å². The number of anilines is 1. The zero-order chi connectivity index (χ0) is 17.1. The minimum Gasteiger partial charge on any atom is -0.392 e. The van der Waals surface area contributed by atoms with Gasteiger partial charge in [0.15, 0.2) is 0 Å². The first-order chi connectivity index (χ1) is 10.8. The maximum atomic E-state index is 10.9. The van der Waals surface area contributed by atoms with Gasteiger partial charge in [-0.25, -0.2) is 0 Å². The number of aliphatic hydroxyl groups excluding tert-OH is 1. The van der Waals surface area contributed by atoms with E-state index in [1.54, 1.807) is 6.92 Å². The molecule has 1 heterocycles. The van der Waals surface area contributed by atoms with Crippen LogP contribution in [0.5, 0.6) is 0 Å². The SMILES string of the molecule is CCC1CN(c2c(Cl)cc([N+](=O)[O-])cc2Cl)CCN1CC(C)O. The van der Waals surface area contributed by atoms with Crippen molar-refractivity contribution < 1.29 is 10.0 Å².